The second-order valence-corrected chi connectivity index (χ2v) is 4.30. The molecule has 2 rings (SSSR count). The molecule has 0 unspecified atom stereocenters. The van der Waals surface area contributed by atoms with Crippen LogP contribution in [0.5, 0.6) is 0 Å². The number of aromatic nitrogens is 1. The summed E-state index contributed by atoms with van der Waals surface area (Å²) in [7, 11) is 0. The van der Waals surface area contributed by atoms with E-state index in [0.717, 1.165) is 5.69 Å². The van der Waals surface area contributed by atoms with Crippen LogP contribution in [0.2, 0.25) is 0 Å². The van der Waals surface area contributed by atoms with Gasteiger partial charge < -0.3 is 5.73 Å². The summed E-state index contributed by atoms with van der Waals surface area (Å²) in [6.45, 7) is 1.25. The average Bonchev–Trinajstić information content (AvgIpc) is 2.32. The van der Waals surface area contributed by atoms with Gasteiger partial charge in [0, 0.05) is 25.2 Å². The minimum atomic E-state index is -4.19. The zero-order valence-corrected chi connectivity index (χ0v) is 9.74. The van der Waals surface area contributed by atoms with Gasteiger partial charge in [-0.05, 0) is 18.6 Å². The molecule has 0 fully saturated rings. The first kappa shape index (κ1) is 12.9. The Kier molecular flexibility index (Phi) is 3.56. The Balaban J connectivity index is 1.94. The smallest absolute Gasteiger partial charge is 0.397 e. The van der Waals surface area contributed by atoms with Gasteiger partial charge in [-0.15, -0.1) is 0 Å². The van der Waals surface area contributed by atoms with E-state index in [4.69, 9.17) is 5.73 Å². The molecule has 0 spiro atoms. The van der Waals surface area contributed by atoms with Gasteiger partial charge in [-0.25, -0.2) is 0 Å². The summed E-state index contributed by atoms with van der Waals surface area (Å²) < 4.78 is 37.3. The highest BCUT2D eigenvalue weighted by Gasteiger charge is 2.34. The maximum absolute atomic E-state index is 12.4. The number of rotatable bonds is 2. The van der Waals surface area contributed by atoms with Crippen molar-refractivity contribution >= 4 is 5.69 Å². The maximum Gasteiger partial charge on any atom is 0.412 e. The van der Waals surface area contributed by atoms with Gasteiger partial charge in [0.15, 0.2) is 0 Å². The molecule has 0 saturated heterocycles. The first-order valence-electron chi connectivity index (χ1n) is 5.64. The molecule has 0 saturated carbocycles. The van der Waals surface area contributed by atoms with Crippen LogP contribution < -0.4 is 5.73 Å². The quantitative estimate of drug-likeness (QED) is 0.827. The summed E-state index contributed by atoms with van der Waals surface area (Å²) in [5.74, 6) is 0. The normalized spacial score (nSPS) is 17.6. The van der Waals surface area contributed by atoms with Crippen LogP contribution in [0.25, 0.3) is 0 Å². The van der Waals surface area contributed by atoms with Crippen LogP contribution in [-0.2, 0) is 6.54 Å². The molecule has 0 aromatic carbocycles. The zero-order valence-electron chi connectivity index (χ0n) is 9.74. The summed E-state index contributed by atoms with van der Waals surface area (Å²) in [6, 6.07) is 3.53. The van der Waals surface area contributed by atoms with Crippen molar-refractivity contribution in [2.24, 2.45) is 0 Å². The largest absolute Gasteiger partial charge is 0.412 e. The molecule has 1 aromatic heterocycles. The van der Waals surface area contributed by atoms with Gasteiger partial charge in [0.2, 0.25) is 0 Å². The van der Waals surface area contributed by atoms with Crippen molar-refractivity contribution in [3.05, 3.63) is 35.7 Å². The van der Waals surface area contributed by atoms with Crippen molar-refractivity contribution < 1.29 is 13.2 Å². The highest BCUT2D eigenvalue weighted by molar-refractivity contribution is 5.34. The number of alkyl halides is 3. The molecule has 0 radical (unpaired) electrons. The number of halogens is 3. The van der Waals surface area contributed by atoms with E-state index in [1.807, 2.05) is 4.90 Å². The van der Waals surface area contributed by atoms with Crippen molar-refractivity contribution in [1.82, 2.24) is 9.88 Å². The lowest BCUT2D eigenvalue weighted by Gasteiger charge is -2.26. The van der Waals surface area contributed by atoms with E-state index < -0.39 is 11.7 Å². The Hall–Kier alpha value is -1.56. The molecule has 18 heavy (non-hydrogen) atoms. The summed E-state index contributed by atoms with van der Waals surface area (Å²) in [5.41, 5.74) is 6.48. The summed E-state index contributed by atoms with van der Waals surface area (Å²) >= 11 is 0. The second-order valence-electron chi connectivity index (χ2n) is 4.30. The standard InChI is InChI=1S/C12H14F3N3/c13-12(14,15)9-3-5-18(6-4-9)8-11-2-1-10(16)7-17-11/h1-3,7H,4-6,8,16H2. The Morgan fingerprint density at radius 1 is 1.33 bits per heavy atom. The van der Waals surface area contributed by atoms with Crippen LogP contribution in [0.1, 0.15) is 12.1 Å². The van der Waals surface area contributed by atoms with Gasteiger partial charge in [0.25, 0.3) is 0 Å². The molecular formula is C12H14F3N3. The number of nitrogens with zero attached hydrogens (tertiary/aromatic N) is 2. The summed E-state index contributed by atoms with van der Waals surface area (Å²) in [5, 5.41) is 0. The lowest BCUT2D eigenvalue weighted by Crippen LogP contribution is -2.31. The van der Waals surface area contributed by atoms with Crippen molar-refractivity contribution in [3.8, 4) is 0 Å². The average molecular weight is 257 g/mol. The van der Waals surface area contributed by atoms with E-state index >= 15 is 0 Å². The van der Waals surface area contributed by atoms with E-state index in [1.54, 1.807) is 18.3 Å². The number of pyridine rings is 1. The predicted molar refractivity (Wildman–Crippen MR) is 62.7 cm³/mol. The molecule has 1 aliphatic rings. The van der Waals surface area contributed by atoms with Gasteiger partial charge in [-0.1, -0.05) is 6.08 Å². The second kappa shape index (κ2) is 4.97. The van der Waals surface area contributed by atoms with E-state index in [0.29, 0.717) is 25.3 Å². The minimum absolute atomic E-state index is 0.0402. The summed E-state index contributed by atoms with van der Waals surface area (Å²) in [6.07, 6.45) is -1.35. The topological polar surface area (TPSA) is 42.1 Å². The van der Waals surface area contributed by atoms with Crippen molar-refractivity contribution in [2.75, 3.05) is 18.8 Å². The highest BCUT2D eigenvalue weighted by Crippen LogP contribution is 2.30. The van der Waals surface area contributed by atoms with Gasteiger partial charge in [0.1, 0.15) is 0 Å². The fraction of sp³-hybridized carbons (Fsp3) is 0.417. The Bertz CT molecular complexity index is 437. The van der Waals surface area contributed by atoms with E-state index in [1.165, 1.54) is 6.08 Å². The first-order chi connectivity index (χ1) is 8.45. The summed E-state index contributed by atoms with van der Waals surface area (Å²) in [4.78, 5) is 6.05. The molecule has 2 heterocycles. The van der Waals surface area contributed by atoms with Gasteiger partial charge in [-0.2, -0.15) is 13.2 Å². The molecule has 1 aliphatic heterocycles. The van der Waals surface area contributed by atoms with Crippen molar-refractivity contribution in [1.29, 1.82) is 0 Å². The number of anilines is 1. The first-order valence-corrected chi connectivity index (χ1v) is 5.64. The van der Waals surface area contributed by atoms with Crippen molar-refractivity contribution in [2.45, 2.75) is 19.1 Å². The van der Waals surface area contributed by atoms with E-state index in [9.17, 15) is 13.2 Å². The Morgan fingerprint density at radius 2 is 2.11 bits per heavy atom. The lowest BCUT2D eigenvalue weighted by atomic mass is 10.1. The van der Waals surface area contributed by atoms with Gasteiger partial charge >= 0.3 is 6.18 Å². The fourth-order valence-corrected chi connectivity index (χ4v) is 1.87. The van der Waals surface area contributed by atoms with Crippen LogP contribution in [0, 0.1) is 0 Å². The SMILES string of the molecule is Nc1ccc(CN2CC=C(C(F)(F)F)CC2)nc1. The third-order valence-electron chi connectivity index (χ3n) is 2.89. The molecule has 6 heteroatoms. The molecule has 0 bridgehead atoms. The maximum atomic E-state index is 12.4. The molecule has 3 nitrogen and oxygen atoms in total. The molecule has 0 amide bonds. The Labute approximate surface area is 103 Å². The van der Waals surface area contributed by atoms with Crippen LogP contribution >= 0.6 is 0 Å². The predicted octanol–water partition coefficient (Wildman–Crippen LogP) is 2.36. The van der Waals surface area contributed by atoms with E-state index in [2.05, 4.69) is 4.98 Å². The molecule has 0 atom stereocenters. The number of hydrogen-bond donors (Lipinski definition) is 1. The van der Waals surface area contributed by atoms with E-state index in [-0.39, 0.29) is 6.42 Å². The van der Waals surface area contributed by atoms with Gasteiger partial charge in [-0.3, -0.25) is 9.88 Å². The highest BCUT2D eigenvalue weighted by atomic mass is 19.4. The Morgan fingerprint density at radius 3 is 2.61 bits per heavy atom. The van der Waals surface area contributed by atoms with Crippen LogP contribution in [-0.4, -0.2) is 29.1 Å². The van der Waals surface area contributed by atoms with Crippen LogP contribution in [0.3, 0.4) is 0 Å². The molecule has 98 valence electrons. The molecular weight excluding hydrogens is 243 g/mol. The molecule has 0 aliphatic carbocycles. The van der Waals surface area contributed by atoms with Gasteiger partial charge in [0.05, 0.1) is 17.6 Å². The third-order valence-corrected chi connectivity index (χ3v) is 2.89. The lowest BCUT2D eigenvalue weighted by molar-refractivity contribution is -0.0960. The van der Waals surface area contributed by atoms with Crippen LogP contribution in [0.4, 0.5) is 18.9 Å². The number of hydrogen-bond acceptors (Lipinski definition) is 3. The monoisotopic (exact) mass is 257 g/mol. The van der Waals surface area contributed by atoms with Crippen LogP contribution in [0.15, 0.2) is 30.0 Å². The third kappa shape index (κ3) is 3.22. The minimum Gasteiger partial charge on any atom is -0.397 e. The number of nitrogen functional groups attached to an aromatic ring is 1. The zero-order chi connectivity index (χ0) is 13.2. The van der Waals surface area contributed by atoms with Crippen molar-refractivity contribution in [3.63, 3.8) is 0 Å². The molecule has 1 aromatic rings. The molecule has 2 N–H and O–H groups in total. The number of nitrogens with two attached hydrogens (primary N) is 1. The fourth-order valence-electron chi connectivity index (χ4n) is 1.87.